The van der Waals surface area contributed by atoms with Gasteiger partial charge in [0.1, 0.15) is 11.6 Å². The van der Waals surface area contributed by atoms with Crippen molar-refractivity contribution in [3.8, 4) is 0 Å². The number of unbranched alkanes of at least 4 members (excludes halogenated alkanes) is 1. The average Bonchev–Trinajstić information content (AvgIpc) is 3.52. The van der Waals surface area contributed by atoms with Gasteiger partial charge in [-0.1, -0.05) is 36.4 Å². The van der Waals surface area contributed by atoms with Crippen molar-refractivity contribution in [1.82, 2.24) is 9.97 Å². The van der Waals surface area contributed by atoms with Crippen molar-refractivity contribution >= 4 is 76.3 Å². The van der Waals surface area contributed by atoms with Crippen LogP contribution in [0, 0.1) is 0 Å². The summed E-state index contributed by atoms with van der Waals surface area (Å²) in [5, 5.41) is 16.3. The van der Waals surface area contributed by atoms with E-state index in [1.165, 1.54) is 30.9 Å². The van der Waals surface area contributed by atoms with E-state index in [1.807, 2.05) is 0 Å². The van der Waals surface area contributed by atoms with Crippen LogP contribution < -0.4 is 10.6 Å². The minimum absolute atomic E-state index is 0.900. The van der Waals surface area contributed by atoms with Crippen LogP contribution in [0.15, 0.2) is 71.4 Å². The molecular weight excluding hydrogens is 432 g/mol. The van der Waals surface area contributed by atoms with Crippen molar-refractivity contribution in [2.24, 2.45) is 0 Å². The maximum atomic E-state index is 4.87. The van der Waals surface area contributed by atoms with Gasteiger partial charge in [0.25, 0.3) is 0 Å². The van der Waals surface area contributed by atoms with Gasteiger partial charge in [0.2, 0.25) is 0 Å². The van der Waals surface area contributed by atoms with Gasteiger partial charge in [-0.15, -0.1) is 22.7 Å². The molecule has 2 aromatic carbocycles. The lowest BCUT2D eigenvalue weighted by Crippen LogP contribution is -2.08. The van der Waals surface area contributed by atoms with Gasteiger partial charge < -0.3 is 10.6 Å². The molecule has 32 heavy (non-hydrogen) atoms. The molecule has 4 heterocycles. The average molecular weight is 455 g/mol. The zero-order chi connectivity index (χ0) is 21.3. The molecule has 0 unspecified atom stereocenters. The third kappa shape index (κ3) is 3.45. The van der Waals surface area contributed by atoms with Crippen LogP contribution in [-0.4, -0.2) is 23.1 Å². The Morgan fingerprint density at radius 2 is 1.03 bits per heavy atom. The van der Waals surface area contributed by atoms with Crippen LogP contribution in [0.5, 0.6) is 0 Å². The molecule has 0 spiro atoms. The molecule has 4 aromatic heterocycles. The van der Waals surface area contributed by atoms with E-state index >= 15 is 0 Å². The van der Waals surface area contributed by atoms with Crippen molar-refractivity contribution in [3.63, 3.8) is 0 Å². The molecule has 0 bridgehead atoms. The lowest BCUT2D eigenvalue weighted by atomic mass is 10.1. The molecule has 6 aromatic rings. The lowest BCUT2D eigenvalue weighted by molar-refractivity contribution is 0.793. The van der Waals surface area contributed by atoms with E-state index in [4.69, 9.17) is 9.97 Å². The van der Waals surface area contributed by atoms with Gasteiger partial charge in [0.15, 0.2) is 0 Å². The largest absolute Gasteiger partial charge is 0.370 e. The standard InChI is InChI=1S/C26H22N4S2/c1-3-9-21-17(7-1)23-19(11-15-31-23)25(29-21)27-13-5-6-14-28-26-20-12-16-32-24(20)18-8-2-4-10-22(18)30-26/h1-4,7-12,15-16H,5-6,13-14H2,(H,27,29)(H,28,30). The number of hydrogen-bond donors (Lipinski definition) is 2. The normalized spacial score (nSPS) is 11.6. The highest BCUT2D eigenvalue weighted by atomic mass is 32.1. The number of rotatable bonds is 7. The van der Waals surface area contributed by atoms with E-state index in [9.17, 15) is 0 Å². The Morgan fingerprint density at radius 1 is 0.562 bits per heavy atom. The van der Waals surface area contributed by atoms with E-state index in [0.29, 0.717) is 0 Å². The molecule has 0 radical (unpaired) electrons. The quantitative estimate of drug-likeness (QED) is 0.245. The first-order valence-corrected chi connectivity index (χ1v) is 12.6. The molecule has 0 fully saturated rings. The van der Waals surface area contributed by atoms with Crippen molar-refractivity contribution in [1.29, 1.82) is 0 Å². The number of pyridine rings is 2. The molecule has 0 saturated carbocycles. The van der Waals surface area contributed by atoms with Crippen LogP contribution in [0.4, 0.5) is 11.6 Å². The van der Waals surface area contributed by atoms with Gasteiger partial charge in [-0.2, -0.15) is 0 Å². The zero-order valence-electron chi connectivity index (χ0n) is 17.5. The summed E-state index contributed by atoms with van der Waals surface area (Å²) in [6, 6.07) is 21.1. The van der Waals surface area contributed by atoms with Crippen LogP contribution in [-0.2, 0) is 0 Å². The fourth-order valence-corrected chi connectivity index (χ4v) is 6.09. The molecule has 2 N–H and O–H groups in total. The van der Waals surface area contributed by atoms with Crippen LogP contribution in [0.3, 0.4) is 0 Å². The van der Waals surface area contributed by atoms with Crippen molar-refractivity contribution in [2.75, 3.05) is 23.7 Å². The van der Waals surface area contributed by atoms with E-state index < -0.39 is 0 Å². The molecule has 6 heteroatoms. The molecule has 0 aliphatic rings. The number of nitrogens with zero attached hydrogens (tertiary/aromatic N) is 2. The Labute approximate surface area is 193 Å². The van der Waals surface area contributed by atoms with Gasteiger partial charge in [0.05, 0.1) is 11.0 Å². The van der Waals surface area contributed by atoms with Crippen LogP contribution in [0.2, 0.25) is 0 Å². The molecule has 0 amide bonds. The van der Waals surface area contributed by atoms with Crippen LogP contribution >= 0.6 is 22.7 Å². The minimum Gasteiger partial charge on any atom is -0.370 e. The second kappa shape index (κ2) is 8.37. The Balaban J connectivity index is 1.11. The third-order valence-corrected chi connectivity index (χ3v) is 7.69. The van der Waals surface area contributed by atoms with Gasteiger partial charge in [-0.05, 0) is 47.9 Å². The molecule has 0 saturated heterocycles. The van der Waals surface area contributed by atoms with E-state index in [-0.39, 0.29) is 0 Å². The topological polar surface area (TPSA) is 49.8 Å². The molecule has 4 nitrogen and oxygen atoms in total. The first-order chi connectivity index (χ1) is 15.9. The molecule has 158 valence electrons. The highest BCUT2D eigenvalue weighted by Gasteiger charge is 2.10. The van der Waals surface area contributed by atoms with Crippen LogP contribution in [0.1, 0.15) is 12.8 Å². The predicted molar refractivity (Wildman–Crippen MR) is 140 cm³/mol. The first-order valence-electron chi connectivity index (χ1n) is 10.9. The Hall–Kier alpha value is -3.22. The molecular formula is C26H22N4S2. The van der Waals surface area contributed by atoms with Crippen molar-refractivity contribution < 1.29 is 0 Å². The second-order valence-corrected chi connectivity index (χ2v) is 9.67. The Kier molecular flexibility index (Phi) is 5.09. The summed E-state index contributed by atoms with van der Waals surface area (Å²) >= 11 is 3.56. The number of benzene rings is 2. The Morgan fingerprint density at radius 3 is 1.53 bits per heavy atom. The van der Waals surface area contributed by atoms with E-state index in [2.05, 4.69) is 82.1 Å². The second-order valence-electron chi connectivity index (χ2n) is 7.84. The highest BCUT2D eigenvalue weighted by molar-refractivity contribution is 7.18. The lowest BCUT2D eigenvalue weighted by Gasteiger charge is -2.11. The maximum Gasteiger partial charge on any atom is 0.135 e. The number of para-hydroxylation sites is 2. The third-order valence-electron chi connectivity index (χ3n) is 5.79. The number of fused-ring (bicyclic) bond motifs is 6. The fourth-order valence-electron chi connectivity index (χ4n) is 4.23. The van der Waals surface area contributed by atoms with Crippen molar-refractivity contribution in [2.45, 2.75) is 12.8 Å². The first kappa shape index (κ1) is 19.5. The number of thiophene rings is 2. The zero-order valence-corrected chi connectivity index (χ0v) is 19.1. The monoisotopic (exact) mass is 454 g/mol. The summed E-state index contributed by atoms with van der Waals surface area (Å²) < 4.78 is 2.61. The summed E-state index contributed by atoms with van der Waals surface area (Å²) in [6.07, 6.45) is 2.13. The SMILES string of the molecule is c1ccc2c(c1)nc(NCCCCNc1nc3ccccc3c3sccc13)c1ccsc12. The number of nitrogens with one attached hydrogen (secondary N) is 2. The molecule has 0 aliphatic heterocycles. The van der Waals surface area contributed by atoms with Gasteiger partial charge in [-0.3, -0.25) is 0 Å². The highest BCUT2D eigenvalue weighted by Crippen LogP contribution is 2.34. The fraction of sp³-hybridized carbons (Fsp3) is 0.154. The molecule has 0 aliphatic carbocycles. The number of hydrogen-bond acceptors (Lipinski definition) is 6. The summed E-state index contributed by atoms with van der Waals surface area (Å²) in [5.41, 5.74) is 2.10. The summed E-state index contributed by atoms with van der Waals surface area (Å²) in [6.45, 7) is 1.80. The number of anilines is 2. The van der Waals surface area contributed by atoms with Gasteiger partial charge in [0, 0.05) is 44.0 Å². The molecule has 6 rings (SSSR count). The van der Waals surface area contributed by atoms with Crippen molar-refractivity contribution in [3.05, 3.63) is 71.4 Å². The van der Waals surface area contributed by atoms with E-state index in [0.717, 1.165) is 48.6 Å². The number of aromatic nitrogens is 2. The predicted octanol–water partition coefficient (Wildman–Crippen LogP) is 7.52. The van der Waals surface area contributed by atoms with Crippen LogP contribution in [0.25, 0.3) is 42.0 Å². The Bertz CT molecular complexity index is 1430. The summed E-state index contributed by atoms with van der Waals surface area (Å²) in [4.78, 5) is 9.74. The maximum absolute atomic E-state index is 4.87. The molecule has 0 atom stereocenters. The van der Waals surface area contributed by atoms with Gasteiger partial charge >= 0.3 is 0 Å². The minimum atomic E-state index is 0.900. The van der Waals surface area contributed by atoms with E-state index in [1.54, 1.807) is 22.7 Å². The van der Waals surface area contributed by atoms with Gasteiger partial charge in [-0.25, -0.2) is 9.97 Å². The smallest absolute Gasteiger partial charge is 0.135 e. The summed E-state index contributed by atoms with van der Waals surface area (Å²) in [7, 11) is 0. The summed E-state index contributed by atoms with van der Waals surface area (Å²) in [5.74, 6) is 1.98.